The molecule has 0 fully saturated rings. The van der Waals surface area contributed by atoms with Crippen LogP contribution in [0.3, 0.4) is 0 Å². The van der Waals surface area contributed by atoms with Crippen molar-refractivity contribution in [3.05, 3.63) is 130 Å². The standard InChI is InChI=1S/C33H23F7N2O3/c1-18(20-4-6-21(7-5-20)31(44)45)41-30(43)28-15-23(24-13-26(33(38,39)40)16-27(34)14-24)12-22-10-11-42(29(22)28)17-19-2-8-25(9-3-19)32(35,36)37/h2-16,18H,17H2,1H3,(H,41,43)(H,44,45)/t18-/m0/s1. The van der Waals surface area contributed by atoms with Crippen molar-refractivity contribution in [3.8, 4) is 11.1 Å². The molecular weight excluding hydrogens is 605 g/mol. The van der Waals surface area contributed by atoms with Gasteiger partial charge >= 0.3 is 18.3 Å². The van der Waals surface area contributed by atoms with E-state index >= 15 is 0 Å². The second-order valence-corrected chi connectivity index (χ2v) is 10.4. The van der Waals surface area contributed by atoms with E-state index in [1.54, 1.807) is 23.8 Å². The molecule has 0 aliphatic carbocycles. The van der Waals surface area contributed by atoms with Crippen molar-refractivity contribution < 1.29 is 45.4 Å². The van der Waals surface area contributed by atoms with Gasteiger partial charge in [0, 0.05) is 18.1 Å². The maximum Gasteiger partial charge on any atom is 0.416 e. The summed E-state index contributed by atoms with van der Waals surface area (Å²) >= 11 is 0. The normalized spacial score (nSPS) is 12.7. The number of nitrogens with zero attached hydrogens (tertiary/aromatic N) is 1. The molecule has 5 nitrogen and oxygen atoms in total. The Morgan fingerprint density at radius 3 is 2.02 bits per heavy atom. The number of aromatic carboxylic acids is 1. The number of carbonyl (C=O) groups is 2. The largest absolute Gasteiger partial charge is 0.478 e. The van der Waals surface area contributed by atoms with Gasteiger partial charge in [-0.3, -0.25) is 4.79 Å². The van der Waals surface area contributed by atoms with Crippen LogP contribution in [0.5, 0.6) is 0 Å². The number of carbonyl (C=O) groups excluding carboxylic acids is 1. The number of carboxylic acid groups (broad SMARTS) is 1. The number of hydrogen-bond donors (Lipinski definition) is 2. The zero-order valence-corrected chi connectivity index (χ0v) is 23.3. The number of alkyl halides is 6. The number of aromatic nitrogens is 1. The van der Waals surface area contributed by atoms with E-state index in [1.165, 1.54) is 48.5 Å². The van der Waals surface area contributed by atoms with Crippen molar-refractivity contribution in [2.45, 2.75) is 31.9 Å². The third-order valence-corrected chi connectivity index (χ3v) is 7.30. The summed E-state index contributed by atoms with van der Waals surface area (Å²) in [6, 6.07) is 16.1. The molecule has 1 aromatic heterocycles. The predicted molar refractivity (Wildman–Crippen MR) is 152 cm³/mol. The van der Waals surface area contributed by atoms with Gasteiger partial charge in [-0.15, -0.1) is 0 Å². The lowest BCUT2D eigenvalue weighted by atomic mass is 9.97. The predicted octanol–water partition coefficient (Wildman–Crippen LogP) is 8.72. The average molecular weight is 629 g/mol. The summed E-state index contributed by atoms with van der Waals surface area (Å²) in [6.07, 6.45) is -7.75. The lowest BCUT2D eigenvalue weighted by molar-refractivity contribution is -0.138. The number of fused-ring (bicyclic) bond motifs is 1. The van der Waals surface area contributed by atoms with Gasteiger partial charge in [-0.2, -0.15) is 26.3 Å². The number of halogens is 7. The Kier molecular flexibility index (Phi) is 8.17. The Bertz CT molecular complexity index is 1890. The zero-order chi connectivity index (χ0) is 32.7. The first-order chi connectivity index (χ1) is 21.1. The maximum absolute atomic E-state index is 14.3. The van der Waals surface area contributed by atoms with Crippen molar-refractivity contribution in [2.24, 2.45) is 0 Å². The van der Waals surface area contributed by atoms with Crippen LogP contribution in [-0.2, 0) is 18.9 Å². The van der Waals surface area contributed by atoms with Crippen LogP contribution in [-0.4, -0.2) is 21.6 Å². The summed E-state index contributed by atoms with van der Waals surface area (Å²) in [5.41, 5.74) is -0.559. The van der Waals surface area contributed by atoms with Crippen LogP contribution in [0.15, 0.2) is 91.1 Å². The number of amides is 1. The molecule has 45 heavy (non-hydrogen) atoms. The van der Waals surface area contributed by atoms with E-state index in [-0.39, 0.29) is 28.8 Å². The molecule has 0 saturated heterocycles. The summed E-state index contributed by atoms with van der Waals surface area (Å²) in [4.78, 5) is 25.0. The smallest absolute Gasteiger partial charge is 0.416 e. The summed E-state index contributed by atoms with van der Waals surface area (Å²) < 4.78 is 95.5. The molecule has 5 aromatic rings. The molecule has 0 aliphatic heterocycles. The maximum atomic E-state index is 14.3. The van der Waals surface area contributed by atoms with Crippen molar-refractivity contribution in [1.82, 2.24) is 9.88 Å². The van der Waals surface area contributed by atoms with Gasteiger partial charge in [0.1, 0.15) is 5.82 Å². The average Bonchev–Trinajstić information content (AvgIpc) is 3.38. The fourth-order valence-electron chi connectivity index (χ4n) is 5.01. The minimum atomic E-state index is -4.82. The lowest BCUT2D eigenvalue weighted by Gasteiger charge is -2.18. The summed E-state index contributed by atoms with van der Waals surface area (Å²) in [5.74, 6) is -2.89. The van der Waals surface area contributed by atoms with Crippen LogP contribution in [0.1, 0.15) is 55.9 Å². The molecule has 5 rings (SSSR count). The van der Waals surface area contributed by atoms with Crippen LogP contribution in [0.2, 0.25) is 0 Å². The molecule has 0 saturated carbocycles. The Morgan fingerprint density at radius 1 is 0.800 bits per heavy atom. The van der Waals surface area contributed by atoms with Gasteiger partial charge in [0.05, 0.1) is 33.8 Å². The Morgan fingerprint density at radius 2 is 1.42 bits per heavy atom. The van der Waals surface area contributed by atoms with E-state index in [1.807, 2.05) is 0 Å². The Labute approximate surface area is 251 Å². The first kappa shape index (κ1) is 31.3. The van der Waals surface area contributed by atoms with Gasteiger partial charge < -0.3 is 15.0 Å². The van der Waals surface area contributed by atoms with E-state index in [0.717, 1.165) is 24.3 Å². The second kappa shape index (κ2) is 11.8. The van der Waals surface area contributed by atoms with Gasteiger partial charge in [0.15, 0.2) is 0 Å². The first-order valence-electron chi connectivity index (χ1n) is 13.4. The summed E-state index contributed by atoms with van der Waals surface area (Å²) in [7, 11) is 0. The van der Waals surface area contributed by atoms with Crippen molar-refractivity contribution >= 4 is 22.8 Å². The molecule has 1 amide bonds. The number of hydrogen-bond acceptors (Lipinski definition) is 2. The Hall–Kier alpha value is -5.13. The second-order valence-electron chi connectivity index (χ2n) is 10.4. The molecule has 1 atom stereocenters. The van der Waals surface area contributed by atoms with Crippen LogP contribution in [0, 0.1) is 5.82 Å². The van der Waals surface area contributed by atoms with E-state index < -0.39 is 47.2 Å². The monoisotopic (exact) mass is 628 g/mol. The van der Waals surface area contributed by atoms with Gasteiger partial charge in [-0.1, -0.05) is 24.3 Å². The van der Waals surface area contributed by atoms with Gasteiger partial charge in [0.2, 0.25) is 0 Å². The van der Waals surface area contributed by atoms with E-state index in [4.69, 9.17) is 5.11 Å². The van der Waals surface area contributed by atoms with E-state index in [0.29, 0.717) is 28.1 Å². The molecule has 232 valence electrons. The van der Waals surface area contributed by atoms with Crippen LogP contribution in [0.25, 0.3) is 22.0 Å². The molecular formula is C33H23F7N2O3. The minimum absolute atomic E-state index is 0.0197. The zero-order valence-electron chi connectivity index (χ0n) is 23.3. The molecule has 12 heteroatoms. The van der Waals surface area contributed by atoms with Crippen LogP contribution >= 0.6 is 0 Å². The first-order valence-corrected chi connectivity index (χ1v) is 13.4. The van der Waals surface area contributed by atoms with Crippen LogP contribution < -0.4 is 5.32 Å². The molecule has 4 aromatic carbocycles. The number of nitrogens with one attached hydrogen (secondary N) is 1. The third-order valence-electron chi connectivity index (χ3n) is 7.30. The molecule has 0 spiro atoms. The summed E-state index contributed by atoms with van der Waals surface area (Å²) in [5, 5.41) is 12.4. The van der Waals surface area contributed by atoms with Crippen molar-refractivity contribution in [3.63, 3.8) is 0 Å². The third kappa shape index (κ3) is 6.84. The van der Waals surface area contributed by atoms with Crippen molar-refractivity contribution in [2.75, 3.05) is 0 Å². The highest BCUT2D eigenvalue weighted by atomic mass is 19.4. The number of rotatable bonds is 7. The fourth-order valence-corrected chi connectivity index (χ4v) is 5.01. The quantitative estimate of drug-likeness (QED) is 0.177. The molecule has 0 aliphatic rings. The number of benzene rings is 4. The van der Waals surface area contributed by atoms with Gasteiger partial charge in [-0.25, -0.2) is 9.18 Å². The molecule has 0 radical (unpaired) electrons. The topological polar surface area (TPSA) is 71.3 Å². The van der Waals surface area contributed by atoms with Gasteiger partial charge in [-0.05, 0) is 89.8 Å². The summed E-state index contributed by atoms with van der Waals surface area (Å²) in [6.45, 7) is 1.71. The van der Waals surface area contributed by atoms with E-state index in [2.05, 4.69) is 5.32 Å². The highest BCUT2D eigenvalue weighted by molar-refractivity contribution is 6.08. The Balaban J connectivity index is 1.58. The van der Waals surface area contributed by atoms with Gasteiger partial charge in [0.25, 0.3) is 5.91 Å². The van der Waals surface area contributed by atoms with Crippen molar-refractivity contribution in [1.29, 1.82) is 0 Å². The minimum Gasteiger partial charge on any atom is -0.478 e. The molecule has 0 bridgehead atoms. The lowest BCUT2D eigenvalue weighted by Crippen LogP contribution is -2.27. The van der Waals surface area contributed by atoms with Crippen LogP contribution in [0.4, 0.5) is 30.7 Å². The molecule has 1 heterocycles. The molecule has 0 unspecified atom stereocenters. The number of carboxylic acids is 1. The van der Waals surface area contributed by atoms with E-state index in [9.17, 15) is 40.3 Å². The highest BCUT2D eigenvalue weighted by Gasteiger charge is 2.32. The fraction of sp³-hybridized carbons (Fsp3) is 0.152. The highest BCUT2D eigenvalue weighted by Crippen LogP contribution is 2.36. The SMILES string of the molecule is C[C@H](NC(=O)c1cc(-c2cc(F)cc(C(F)(F)F)c2)cc2ccn(Cc3ccc(C(F)(F)F)cc3)c12)c1ccc(C(=O)O)cc1. The molecule has 2 N–H and O–H groups in total.